The van der Waals surface area contributed by atoms with Crippen LogP contribution in [0.5, 0.6) is 0 Å². The maximum absolute atomic E-state index is 14.1. The van der Waals surface area contributed by atoms with Gasteiger partial charge in [0.25, 0.3) is 11.8 Å². The van der Waals surface area contributed by atoms with Crippen LogP contribution in [-0.4, -0.2) is 65.9 Å². The van der Waals surface area contributed by atoms with Crippen LogP contribution < -0.4 is 4.90 Å². The Morgan fingerprint density at radius 1 is 0.935 bits per heavy atom. The number of pyridine rings is 1. The highest BCUT2D eigenvalue weighted by molar-refractivity contribution is 6.07. The van der Waals surface area contributed by atoms with Crippen LogP contribution in [0.4, 0.5) is 10.1 Å². The number of rotatable bonds is 3. The Bertz CT molecular complexity index is 1120. The maximum Gasteiger partial charge on any atom is 0.289 e. The Labute approximate surface area is 179 Å². The van der Waals surface area contributed by atoms with Crippen LogP contribution in [-0.2, 0) is 0 Å². The molecule has 0 N–H and O–H groups in total. The molecule has 3 aromatic rings. The summed E-state index contributed by atoms with van der Waals surface area (Å²) in [7, 11) is 0. The number of hydrogen-bond donors (Lipinski definition) is 0. The van der Waals surface area contributed by atoms with E-state index in [4.69, 9.17) is 4.42 Å². The molecule has 0 saturated carbocycles. The lowest BCUT2D eigenvalue weighted by atomic mass is 10.1. The zero-order valence-electron chi connectivity index (χ0n) is 17.1. The number of likely N-dealkylation sites (tertiary alicyclic amines) is 1. The van der Waals surface area contributed by atoms with E-state index in [-0.39, 0.29) is 17.6 Å². The molecule has 5 rings (SSSR count). The minimum absolute atomic E-state index is 0.0692. The molecule has 2 aliphatic rings. The zero-order chi connectivity index (χ0) is 21.4. The van der Waals surface area contributed by atoms with Gasteiger partial charge in [-0.05, 0) is 43.2 Å². The van der Waals surface area contributed by atoms with Crippen molar-refractivity contribution in [2.24, 2.45) is 0 Å². The molecule has 0 atom stereocenters. The van der Waals surface area contributed by atoms with E-state index in [1.165, 1.54) is 18.4 Å². The van der Waals surface area contributed by atoms with Crippen molar-refractivity contribution in [3.05, 3.63) is 59.9 Å². The van der Waals surface area contributed by atoms with Gasteiger partial charge in [0.15, 0.2) is 5.76 Å². The number of benzene rings is 1. The molecule has 2 amide bonds. The number of amides is 2. The third-order valence-electron chi connectivity index (χ3n) is 6.04. The summed E-state index contributed by atoms with van der Waals surface area (Å²) in [5, 5.41) is 0.621. The lowest BCUT2D eigenvalue weighted by Gasteiger charge is -2.37. The van der Waals surface area contributed by atoms with Gasteiger partial charge < -0.3 is 19.1 Å². The zero-order valence-corrected chi connectivity index (χ0v) is 17.1. The van der Waals surface area contributed by atoms with Crippen LogP contribution in [0.1, 0.15) is 33.8 Å². The highest BCUT2D eigenvalue weighted by Gasteiger charge is 2.29. The Morgan fingerprint density at radius 3 is 2.39 bits per heavy atom. The van der Waals surface area contributed by atoms with Gasteiger partial charge in [-0.25, -0.2) is 4.39 Å². The minimum Gasteiger partial charge on any atom is -0.459 e. The van der Waals surface area contributed by atoms with Crippen LogP contribution in [0.3, 0.4) is 0 Å². The average molecular weight is 422 g/mol. The number of piperazine rings is 1. The first-order chi connectivity index (χ1) is 15.1. The van der Waals surface area contributed by atoms with Crippen molar-refractivity contribution in [1.29, 1.82) is 0 Å². The third-order valence-corrected chi connectivity index (χ3v) is 6.04. The molecule has 1 aromatic carbocycles. The van der Waals surface area contributed by atoms with Crippen LogP contribution in [0.25, 0.3) is 10.9 Å². The van der Waals surface area contributed by atoms with Crippen molar-refractivity contribution < 1.29 is 18.4 Å². The summed E-state index contributed by atoms with van der Waals surface area (Å²) in [5.41, 5.74) is 1.83. The summed E-state index contributed by atoms with van der Waals surface area (Å²) in [5.74, 6) is -0.272. The lowest BCUT2D eigenvalue weighted by molar-refractivity contribution is 0.0712. The Hall–Kier alpha value is -3.42. The van der Waals surface area contributed by atoms with Crippen LogP contribution in [0, 0.1) is 5.82 Å². The molecular weight excluding hydrogens is 399 g/mol. The fourth-order valence-electron chi connectivity index (χ4n) is 4.43. The monoisotopic (exact) mass is 422 g/mol. The number of nitrogens with zero attached hydrogens (tertiary/aromatic N) is 4. The first-order valence-corrected chi connectivity index (χ1v) is 10.6. The van der Waals surface area contributed by atoms with Gasteiger partial charge in [0.1, 0.15) is 5.82 Å². The normalized spacial score (nSPS) is 16.9. The third kappa shape index (κ3) is 3.62. The summed E-state index contributed by atoms with van der Waals surface area (Å²) < 4.78 is 19.4. The molecule has 2 aromatic heterocycles. The molecule has 0 spiro atoms. The van der Waals surface area contributed by atoms with Gasteiger partial charge in [-0.3, -0.25) is 14.6 Å². The molecule has 8 heteroatoms. The summed E-state index contributed by atoms with van der Waals surface area (Å²) in [4.78, 5) is 35.9. The Kier molecular flexibility index (Phi) is 5.05. The predicted octanol–water partition coefficient (Wildman–Crippen LogP) is 3.17. The Balaban J connectivity index is 1.48. The lowest BCUT2D eigenvalue weighted by Crippen LogP contribution is -2.49. The summed E-state index contributed by atoms with van der Waals surface area (Å²) >= 11 is 0. The number of carbonyl (C=O) groups excluding carboxylic acids is 2. The quantitative estimate of drug-likeness (QED) is 0.649. The second-order valence-corrected chi connectivity index (χ2v) is 7.94. The second-order valence-electron chi connectivity index (χ2n) is 7.94. The van der Waals surface area contributed by atoms with Crippen molar-refractivity contribution >= 4 is 28.4 Å². The standard InChI is InChI=1S/C23H23FN4O3/c24-16-5-6-19-17(14-16)21(18(15-25-19)22(29)27-7-1-2-8-27)26-9-11-28(12-10-26)23(30)20-4-3-13-31-20/h3-6,13-15H,1-2,7-12H2. The number of hydrogen-bond acceptors (Lipinski definition) is 5. The summed E-state index contributed by atoms with van der Waals surface area (Å²) in [6, 6.07) is 7.80. The first kappa shape index (κ1) is 19.5. The molecule has 2 aliphatic heterocycles. The molecule has 0 aliphatic carbocycles. The molecule has 2 saturated heterocycles. The molecular formula is C23H23FN4O3. The number of furan rings is 1. The van der Waals surface area contributed by atoms with Crippen molar-refractivity contribution in [3.8, 4) is 0 Å². The molecule has 7 nitrogen and oxygen atoms in total. The van der Waals surface area contributed by atoms with Crippen LogP contribution in [0.2, 0.25) is 0 Å². The van der Waals surface area contributed by atoms with E-state index in [0.717, 1.165) is 25.9 Å². The number of fused-ring (bicyclic) bond motifs is 1. The fourth-order valence-corrected chi connectivity index (χ4v) is 4.43. The molecule has 160 valence electrons. The van der Waals surface area contributed by atoms with Crippen LogP contribution in [0.15, 0.2) is 47.2 Å². The van der Waals surface area contributed by atoms with E-state index in [1.807, 2.05) is 4.90 Å². The largest absolute Gasteiger partial charge is 0.459 e. The Morgan fingerprint density at radius 2 is 1.68 bits per heavy atom. The van der Waals surface area contributed by atoms with Gasteiger partial charge in [-0.1, -0.05) is 0 Å². The van der Waals surface area contributed by atoms with Gasteiger partial charge >= 0.3 is 0 Å². The molecule has 0 radical (unpaired) electrons. The minimum atomic E-state index is -0.368. The average Bonchev–Trinajstić information content (AvgIpc) is 3.52. The smallest absolute Gasteiger partial charge is 0.289 e. The highest BCUT2D eigenvalue weighted by Crippen LogP contribution is 2.32. The molecule has 31 heavy (non-hydrogen) atoms. The molecule has 0 bridgehead atoms. The van der Waals surface area contributed by atoms with Crippen molar-refractivity contribution in [1.82, 2.24) is 14.8 Å². The highest BCUT2D eigenvalue weighted by atomic mass is 19.1. The van der Waals surface area contributed by atoms with E-state index >= 15 is 0 Å². The van der Waals surface area contributed by atoms with Crippen molar-refractivity contribution in [2.45, 2.75) is 12.8 Å². The van der Waals surface area contributed by atoms with Crippen molar-refractivity contribution in [2.75, 3.05) is 44.2 Å². The molecule has 4 heterocycles. The second kappa shape index (κ2) is 8.02. The maximum atomic E-state index is 14.1. The number of carbonyl (C=O) groups is 2. The van der Waals surface area contributed by atoms with Gasteiger partial charge in [0.05, 0.1) is 23.0 Å². The summed E-state index contributed by atoms with van der Waals surface area (Å²) in [6.07, 6.45) is 5.07. The van der Waals surface area contributed by atoms with E-state index in [2.05, 4.69) is 9.88 Å². The fraction of sp³-hybridized carbons (Fsp3) is 0.348. The number of aromatic nitrogens is 1. The first-order valence-electron chi connectivity index (χ1n) is 10.6. The molecule has 2 fully saturated rings. The van der Waals surface area contributed by atoms with E-state index in [9.17, 15) is 14.0 Å². The topological polar surface area (TPSA) is 69.9 Å². The van der Waals surface area contributed by atoms with Crippen molar-refractivity contribution in [3.63, 3.8) is 0 Å². The van der Waals surface area contributed by atoms with Gasteiger partial charge in [0, 0.05) is 50.9 Å². The van der Waals surface area contributed by atoms with Crippen LogP contribution >= 0.6 is 0 Å². The van der Waals surface area contributed by atoms with E-state index in [1.54, 1.807) is 29.3 Å². The SMILES string of the molecule is O=C(c1ccco1)N1CCN(c2c(C(=O)N3CCCC3)cnc3ccc(F)cc23)CC1. The predicted molar refractivity (Wildman–Crippen MR) is 114 cm³/mol. The van der Waals surface area contributed by atoms with Gasteiger partial charge in [-0.15, -0.1) is 0 Å². The number of anilines is 1. The van der Waals surface area contributed by atoms with Gasteiger partial charge in [0.2, 0.25) is 0 Å². The van der Waals surface area contributed by atoms with Gasteiger partial charge in [-0.2, -0.15) is 0 Å². The van der Waals surface area contributed by atoms with E-state index in [0.29, 0.717) is 54.1 Å². The molecule has 0 unspecified atom stereocenters. The number of halogens is 1. The van der Waals surface area contributed by atoms with E-state index < -0.39 is 0 Å². The summed E-state index contributed by atoms with van der Waals surface area (Å²) in [6.45, 7) is 3.48.